The van der Waals surface area contributed by atoms with Gasteiger partial charge >= 0.3 is 0 Å². The second kappa shape index (κ2) is 8.06. The van der Waals surface area contributed by atoms with Crippen LogP contribution in [0.2, 0.25) is 0 Å². The number of rotatable bonds is 5. The van der Waals surface area contributed by atoms with Crippen molar-refractivity contribution >= 4 is 39.9 Å². The SMILES string of the molecule is Nc1cccc2c1CCCN2C(=O)CCSCc1nc2ccccc2c(=O)[nH]1. The molecule has 0 saturated carbocycles. The Bertz CT molecular complexity index is 1080. The summed E-state index contributed by atoms with van der Waals surface area (Å²) in [6.07, 6.45) is 2.29. The van der Waals surface area contributed by atoms with Crippen molar-refractivity contribution in [1.29, 1.82) is 0 Å². The molecule has 0 radical (unpaired) electrons. The highest BCUT2D eigenvalue weighted by Crippen LogP contribution is 2.31. The molecular formula is C21H22N4O2S. The minimum Gasteiger partial charge on any atom is -0.398 e. The summed E-state index contributed by atoms with van der Waals surface area (Å²) in [5.74, 6) is 1.98. The normalized spacial score (nSPS) is 13.5. The molecule has 0 atom stereocenters. The summed E-state index contributed by atoms with van der Waals surface area (Å²) in [6, 6.07) is 13.1. The number of hydrogen-bond donors (Lipinski definition) is 2. The molecule has 0 unspecified atom stereocenters. The van der Waals surface area contributed by atoms with Gasteiger partial charge in [-0.05, 0) is 42.7 Å². The molecule has 1 aromatic heterocycles. The Labute approximate surface area is 167 Å². The first-order valence-electron chi connectivity index (χ1n) is 9.37. The molecule has 2 heterocycles. The number of nitrogen functional groups attached to an aromatic ring is 1. The summed E-state index contributed by atoms with van der Waals surface area (Å²) in [4.78, 5) is 34.0. The van der Waals surface area contributed by atoms with Crippen molar-refractivity contribution in [3.05, 3.63) is 64.2 Å². The Balaban J connectivity index is 1.36. The number of nitrogens with one attached hydrogen (secondary N) is 1. The van der Waals surface area contributed by atoms with Crippen LogP contribution in [-0.4, -0.2) is 28.2 Å². The molecule has 1 amide bonds. The minimum absolute atomic E-state index is 0.110. The van der Waals surface area contributed by atoms with Gasteiger partial charge in [-0.15, -0.1) is 0 Å². The number of nitrogens with two attached hydrogens (primary N) is 1. The Morgan fingerprint density at radius 3 is 2.96 bits per heavy atom. The first-order valence-corrected chi connectivity index (χ1v) is 10.5. The van der Waals surface area contributed by atoms with Crippen LogP contribution in [0.15, 0.2) is 47.3 Å². The molecule has 3 N–H and O–H groups in total. The third-order valence-electron chi connectivity index (χ3n) is 4.95. The van der Waals surface area contributed by atoms with E-state index in [2.05, 4.69) is 9.97 Å². The number of fused-ring (bicyclic) bond motifs is 2. The quantitative estimate of drug-likeness (QED) is 0.512. The van der Waals surface area contributed by atoms with Crippen LogP contribution < -0.4 is 16.2 Å². The Morgan fingerprint density at radius 1 is 1.21 bits per heavy atom. The van der Waals surface area contributed by atoms with E-state index in [4.69, 9.17) is 5.73 Å². The standard InChI is InChI=1S/C21H22N4O2S/c22-16-7-3-9-18-14(16)6-4-11-25(18)20(26)10-12-28-13-19-23-17-8-2-1-5-15(17)21(27)24-19/h1-3,5,7-9H,4,6,10-13,22H2,(H,23,24,27). The van der Waals surface area contributed by atoms with Crippen LogP contribution in [0.25, 0.3) is 10.9 Å². The van der Waals surface area contributed by atoms with Gasteiger partial charge in [0.15, 0.2) is 0 Å². The zero-order valence-corrected chi connectivity index (χ0v) is 16.3. The second-order valence-corrected chi connectivity index (χ2v) is 7.93. The first kappa shape index (κ1) is 18.6. The highest BCUT2D eigenvalue weighted by molar-refractivity contribution is 7.98. The van der Waals surface area contributed by atoms with Crippen molar-refractivity contribution in [3.63, 3.8) is 0 Å². The topological polar surface area (TPSA) is 92.1 Å². The summed E-state index contributed by atoms with van der Waals surface area (Å²) >= 11 is 1.60. The van der Waals surface area contributed by atoms with Gasteiger partial charge in [-0.1, -0.05) is 18.2 Å². The largest absolute Gasteiger partial charge is 0.398 e. The molecule has 0 aliphatic carbocycles. The minimum atomic E-state index is -0.125. The lowest BCUT2D eigenvalue weighted by Gasteiger charge is -2.30. The summed E-state index contributed by atoms with van der Waals surface area (Å²) in [5, 5.41) is 0.592. The molecule has 0 fully saturated rings. The molecule has 28 heavy (non-hydrogen) atoms. The van der Waals surface area contributed by atoms with E-state index in [1.807, 2.05) is 41.3 Å². The number of para-hydroxylation sites is 1. The van der Waals surface area contributed by atoms with E-state index < -0.39 is 0 Å². The van der Waals surface area contributed by atoms with E-state index in [1.54, 1.807) is 17.8 Å². The number of nitrogens with zero attached hydrogens (tertiary/aromatic N) is 2. The van der Waals surface area contributed by atoms with Gasteiger partial charge in [-0.2, -0.15) is 11.8 Å². The molecule has 4 rings (SSSR count). The Morgan fingerprint density at radius 2 is 2.07 bits per heavy atom. The number of anilines is 2. The molecule has 144 valence electrons. The van der Waals surface area contributed by atoms with Crippen molar-refractivity contribution in [2.24, 2.45) is 0 Å². The van der Waals surface area contributed by atoms with Gasteiger partial charge in [-0.25, -0.2) is 4.98 Å². The van der Waals surface area contributed by atoms with Gasteiger partial charge in [0.2, 0.25) is 5.91 Å². The smallest absolute Gasteiger partial charge is 0.258 e. The van der Waals surface area contributed by atoms with Gasteiger partial charge in [-0.3, -0.25) is 9.59 Å². The third kappa shape index (κ3) is 3.75. The highest BCUT2D eigenvalue weighted by atomic mass is 32.2. The van der Waals surface area contributed by atoms with E-state index in [0.717, 1.165) is 36.3 Å². The monoisotopic (exact) mass is 394 g/mol. The van der Waals surface area contributed by atoms with Gasteiger partial charge in [0, 0.05) is 30.1 Å². The molecule has 1 aliphatic heterocycles. The lowest BCUT2D eigenvalue weighted by Crippen LogP contribution is -2.35. The Hall–Kier alpha value is -2.80. The van der Waals surface area contributed by atoms with Crippen LogP contribution in [0.1, 0.15) is 24.2 Å². The number of carbonyl (C=O) groups excluding carboxylic acids is 1. The van der Waals surface area contributed by atoms with Crippen LogP contribution in [-0.2, 0) is 17.0 Å². The second-order valence-electron chi connectivity index (χ2n) is 6.83. The van der Waals surface area contributed by atoms with Crippen molar-refractivity contribution < 1.29 is 4.79 Å². The van der Waals surface area contributed by atoms with Crippen LogP contribution in [0.3, 0.4) is 0 Å². The highest BCUT2D eigenvalue weighted by Gasteiger charge is 2.23. The van der Waals surface area contributed by atoms with Gasteiger partial charge in [0.1, 0.15) is 5.82 Å². The maximum Gasteiger partial charge on any atom is 0.258 e. The van der Waals surface area contributed by atoms with Crippen molar-refractivity contribution in [1.82, 2.24) is 9.97 Å². The molecule has 0 spiro atoms. The number of aromatic nitrogens is 2. The number of thioether (sulfide) groups is 1. The number of H-pyrrole nitrogens is 1. The zero-order chi connectivity index (χ0) is 19.5. The molecule has 0 bridgehead atoms. The number of amides is 1. The van der Waals surface area contributed by atoms with Gasteiger partial charge < -0.3 is 15.6 Å². The van der Waals surface area contributed by atoms with Gasteiger partial charge in [0.25, 0.3) is 5.56 Å². The number of hydrogen-bond acceptors (Lipinski definition) is 5. The Kier molecular flexibility index (Phi) is 5.34. The molecule has 7 heteroatoms. The average molecular weight is 395 g/mol. The predicted octanol–water partition coefficient (Wildman–Crippen LogP) is 3.11. The zero-order valence-electron chi connectivity index (χ0n) is 15.5. The lowest BCUT2D eigenvalue weighted by atomic mass is 9.99. The van der Waals surface area contributed by atoms with Crippen molar-refractivity contribution in [3.8, 4) is 0 Å². The fraction of sp³-hybridized carbons (Fsp3) is 0.286. The molecule has 6 nitrogen and oxygen atoms in total. The van der Waals surface area contributed by atoms with Crippen LogP contribution in [0.5, 0.6) is 0 Å². The van der Waals surface area contributed by atoms with Crippen molar-refractivity contribution in [2.45, 2.75) is 25.0 Å². The van der Waals surface area contributed by atoms with E-state index in [-0.39, 0.29) is 11.5 Å². The predicted molar refractivity (Wildman–Crippen MR) is 115 cm³/mol. The van der Waals surface area contributed by atoms with E-state index in [1.165, 1.54) is 0 Å². The van der Waals surface area contributed by atoms with Crippen molar-refractivity contribution in [2.75, 3.05) is 22.9 Å². The van der Waals surface area contributed by atoms with Gasteiger partial charge in [0.05, 0.1) is 16.7 Å². The molecular weight excluding hydrogens is 372 g/mol. The summed E-state index contributed by atoms with van der Waals surface area (Å²) in [5.41, 5.74) is 9.42. The van der Waals surface area contributed by atoms with Crippen LogP contribution in [0.4, 0.5) is 11.4 Å². The van der Waals surface area contributed by atoms with E-state index in [9.17, 15) is 9.59 Å². The summed E-state index contributed by atoms with van der Waals surface area (Å²) < 4.78 is 0. The summed E-state index contributed by atoms with van der Waals surface area (Å²) in [7, 11) is 0. The van der Waals surface area contributed by atoms with E-state index >= 15 is 0 Å². The van der Waals surface area contributed by atoms with E-state index in [0.29, 0.717) is 34.7 Å². The molecule has 0 saturated heterocycles. The van der Waals surface area contributed by atoms with Crippen LogP contribution >= 0.6 is 11.8 Å². The fourth-order valence-electron chi connectivity index (χ4n) is 3.58. The lowest BCUT2D eigenvalue weighted by molar-refractivity contribution is -0.118. The number of carbonyl (C=O) groups is 1. The maximum atomic E-state index is 12.7. The fourth-order valence-corrected chi connectivity index (χ4v) is 4.37. The molecule has 1 aliphatic rings. The van der Waals surface area contributed by atoms with Crippen LogP contribution in [0, 0.1) is 0 Å². The molecule has 3 aromatic rings. The maximum absolute atomic E-state index is 12.7. The average Bonchev–Trinajstić information content (AvgIpc) is 2.71. The number of benzene rings is 2. The first-order chi connectivity index (χ1) is 13.6. The molecule has 2 aromatic carbocycles. The third-order valence-corrected chi connectivity index (χ3v) is 5.92. The summed E-state index contributed by atoms with van der Waals surface area (Å²) in [6.45, 7) is 0.736. The number of aromatic amines is 1.